The second-order valence-corrected chi connectivity index (χ2v) is 12.4. The van der Waals surface area contributed by atoms with Crippen molar-refractivity contribution in [3.63, 3.8) is 0 Å². The van der Waals surface area contributed by atoms with E-state index in [0.29, 0.717) is 23.7 Å². The largest absolute Gasteiger partial charge is 0.487 e. The summed E-state index contributed by atoms with van der Waals surface area (Å²) in [5.74, 6) is -1.10. The minimum Gasteiger partial charge on any atom is -0.487 e. The second-order valence-electron chi connectivity index (χ2n) is 10.6. The molecule has 2 N–H and O–H groups in total. The van der Waals surface area contributed by atoms with E-state index in [9.17, 15) is 14.7 Å². The van der Waals surface area contributed by atoms with Crippen molar-refractivity contribution in [2.75, 3.05) is 0 Å². The summed E-state index contributed by atoms with van der Waals surface area (Å²) in [5, 5.41) is 21.1. The lowest BCUT2D eigenvalue weighted by Crippen LogP contribution is -2.28. The van der Waals surface area contributed by atoms with E-state index >= 15 is 0 Å². The van der Waals surface area contributed by atoms with E-state index in [-0.39, 0.29) is 17.4 Å². The molecule has 1 aliphatic heterocycles. The summed E-state index contributed by atoms with van der Waals surface area (Å²) in [6.07, 6.45) is 2.52. The minimum atomic E-state index is -1.02. The Hall–Kier alpha value is -3.49. The van der Waals surface area contributed by atoms with Crippen molar-refractivity contribution in [1.29, 1.82) is 0 Å². The van der Waals surface area contributed by atoms with E-state index in [4.69, 9.17) is 21.4 Å². The minimum absolute atomic E-state index is 0.129. The quantitative estimate of drug-likeness (QED) is 0.233. The summed E-state index contributed by atoms with van der Waals surface area (Å²) in [4.78, 5) is 28.6. The predicted octanol–water partition coefficient (Wildman–Crippen LogP) is 6.71. The number of aromatic carboxylic acids is 1. The molecule has 1 atom stereocenters. The van der Waals surface area contributed by atoms with Crippen LogP contribution < -0.4 is 4.74 Å². The molecule has 1 aliphatic rings. The molecule has 202 valence electrons. The summed E-state index contributed by atoms with van der Waals surface area (Å²) in [5.41, 5.74) is 4.04. The number of hydrogen-bond acceptors (Lipinski definition) is 5. The Morgan fingerprint density at radius 1 is 1.13 bits per heavy atom. The first-order chi connectivity index (χ1) is 18.5. The Balaban J connectivity index is 1.59. The summed E-state index contributed by atoms with van der Waals surface area (Å²) >= 11 is 7.91. The van der Waals surface area contributed by atoms with Gasteiger partial charge in [-0.2, -0.15) is 0 Å². The molecule has 0 aliphatic carbocycles. The van der Waals surface area contributed by atoms with Gasteiger partial charge in [0.2, 0.25) is 0 Å². The van der Waals surface area contributed by atoms with Crippen molar-refractivity contribution in [2.45, 2.75) is 56.9 Å². The average molecular weight is 565 g/mol. The fourth-order valence-corrected chi connectivity index (χ4v) is 6.36. The number of pyridine rings is 1. The van der Waals surface area contributed by atoms with E-state index in [1.54, 1.807) is 31.7 Å². The maximum Gasteiger partial charge on any atom is 0.337 e. The Bertz CT molecular complexity index is 1560. The topological polar surface area (TPSA) is 102 Å². The van der Waals surface area contributed by atoms with Gasteiger partial charge in [-0.1, -0.05) is 30.7 Å². The molecule has 3 heterocycles. The molecule has 5 rings (SSSR count). The SMILES string of the molecule is CC1Cc2c(OCc3ccc(C(=O)O)cn3)ccc3c2c(c(CC(C)(C)C(=O)O)n3Cc2ccc(Cl)cc2)S1. The summed E-state index contributed by atoms with van der Waals surface area (Å²) in [6.45, 7) is 6.50. The highest BCUT2D eigenvalue weighted by Crippen LogP contribution is 2.48. The van der Waals surface area contributed by atoms with Crippen LogP contribution in [0.1, 0.15) is 53.6 Å². The van der Waals surface area contributed by atoms with Crippen molar-refractivity contribution >= 4 is 46.2 Å². The molecule has 0 saturated carbocycles. The van der Waals surface area contributed by atoms with Crippen LogP contribution in [0.3, 0.4) is 0 Å². The highest BCUT2D eigenvalue weighted by atomic mass is 35.5. The summed E-state index contributed by atoms with van der Waals surface area (Å²) in [7, 11) is 0. The van der Waals surface area contributed by atoms with E-state index < -0.39 is 17.4 Å². The molecule has 0 bridgehead atoms. The molecule has 0 saturated heterocycles. The van der Waals surface area contributed by atoms with Crippen LogP contribution in [-0.2, 0) is 30.8 Å². The van der Waals surface area contributed by atoms with Gasteiger partial charge in [0, 0.05) is 51.0 Å². The normalized spacial score (nSPS) is 14.9. The number of aromatic nitrogens is 2. The highest BCUT2D eigenvalue weighted by molar-refractivity contribution is 8.00. The molecule has 4 aromatic rings. The zero-order valence-corrected chi connectivity index (χ0v) is 23.5. The van der Waals surface area contributed by atoms with E-state index in [2.05, 4.69) is 16.5 Å². The van der Waals surface area contributed by atoms with E-state index in [1.807, 2.05) is 36.4 Å². The predicted molar refractivity (Wildman–Crippen MR) is 152 cm³/mol. The standard InChI is InChI=1S/C30H29ClN2O5S/c1-17-12-22-25(38-16-21-9-6-19(14-32-21)28(34)35)11-10-23-26(22)27(39-17)24(13-30(2,3)29(36)37)33(23)15-18-4-7-20(31)8-5-18/h4-11,14,17H,12-13,15-16H2,1-3H3,(H,34,35)(H,36,37). The average Bonchev–Trinajstić information content (AvgIpc) is 3.17. The number of rotatable bonds is 9. The molecule has 2 aromatic heterocycles. The Morgan fingerprint density at radius 3 is 2.51 bits per heavy atom. The maximum absolute atomic E-state index is 12.1. The van der Waals surface area contributed by atoms with Gasteiger partial charge >= 0.3 is 11.9 Å². The van der Waals surface area contributed by atoms with Gasteiger partial charge in [-0.05, 0) is 62.2 Å². The van der Waals surface area contributed by atoms with Gasteiger partial charge in [-0.3, -0.25) is 9.78 Å². The number of halogens is 1. The van der Waals surface area contributed by atoms with Crippen LogP contribution in [0.25, 0.3) is 10.9 Å². The van der Waals surface area contributed by atoms with Crippen molar-refractivity contribution in [1.82, 2.24) is 9.55 Å². The smallest absolute Gasteiger partial charge is 0.337 e. The first kappa shape index (κ1) is 27.1. The molecule has 0 radical (unpaired) electrons. The molecule has 7 nitrogen and oxygen atoms in total. The van der Waals surface area contributed by atoms with Crippen LogP contribution in [-0.4, -0.2) is 37.0 Å². The number of carbonyl (C=O) groups is 2. The van der Waals surface area contributed by atoms with Crippen molar-refractivity contribution < 1.29 is 24.5 Å². The number of thioether (sulfide) groups is 1. The molecule has 9 heteroatoms. The number of aliphatic carboxylic acids is 1. The van der Waals surface area contributed by atoms with Crippen LogP contribution in [0.2, 0.25) is 5.02 Å². The second kappa shape index (κ2) is 10.6. The number of benzene rings is 2. The molecule has 0 spiro atoms. The highest BCUT2D eigenvalue weighted by Gasteiger charge is 2.34. The Morgan fingerprint density at radius 2 is 1.87 bits per heavy atom. The van der Waals surface area contributed by atoms with E-state index in [1.165, 1.54) is 12.3 Å². The van der Waals surface area contributed by atoms with Gasteiger partial charge in [0.1, 0.15) is 12.4 Å². The Labute approximate surface area is 235 Å². The lowest BCUT2D eigenvalue weighted by Gasteiger charge is -2.24. The lowest BCUT2D eigenvalue weighted by atomic mass is 9.87. The van der Waals surface area contributed by atoms with Gasteiger partial charge in [0.15, 0.2) is 0 Å². The van der Waals surface area contributed by atoms with Crippen LogP contribution in [0.15, 0.2) is 59.6 Å². The number of carboxylic acid groups (broad SMARTS) is 2. The number of ether oxygens (including phenoxy) is 1. The first-order valence-corrected chi connectivity index (χ1v) is 13.9. The summed E-state index contributed by atoms with van der Waals surface area (Å²) in [6, 6.07) is 14.9. The fourth-order valence-electron chi connectivity index (χ4n) is 4.91. The van der Waals surface area contributed by atoms with Crippen LogP contribution in [0.4, 0.5) is 0 Å². The molecule has 39 heavy (non-hydrogen) atoms. The van der Waals surface area contributed by atoms with Gasteiger partial charge < -0.3 is 19.5 Å². The molecular weight excluding hydrogens is 536 g/mol. The van der Waals surface area contributed by atoms with Crippen molar-refractivity contribution in [2.24, 2.45) is 5.41 Å². The van der Waals surface area contributed by atoms with E-state index in [0.717, 1.165) is 44.8 Å². The van der Waals surface area contributed by atoms with Gasteiger partial charge in [-0.25, -0.2) is 4.79 Å². The van der Waals surface area contributed by atoms with Gasteiger partial charge in [0.05, 0.1) is 22.2 Å². The molecule has 2 aromatic carbocycles. The third-order valence-electron chi connectivity index (χ3n) is 7.05. The van der Waals surface area contributed by atoms with Crippen LogP contribution in [0, 0.1) is 5.41 Å². The van der Waals surface area contributed by atoms with Gasteiger partial charge in [0.25, 0.3) is 0 Å². The van der Waals surface area contributed by atoms with Crippen LogP contribution in [0.5, 0.6) is 5.75 Å². The lowest BCUT2D eigenvalue weighted by molar-refractivity contribution is -0.146. The number of hydrogen-bond donors (Lipinski definition) is 2. The molecule has 1 unspecified atom stereocenters. The Kier molecular flexibility index (Phi) is 7.35. The van der Waals surface area contributed by atoms with Crippen molar-refractivity contribution in [3.05, 3.63) is 87.8 Å². The monoisotopic (exact) mass is 564 g/mol. The number of nitrogens with zero attached hydrogens (tertiary/aromatic N) is 2. The molecular formula is C30H29ClN2O5S. The molecule has 0 amide bonds. The fraction of sp³-hybridized carbons (Fsp3) is 0.300. The van der Waals surface area contributed by atoms with Crippen LogP contribution >= 0.6 is 23.4 Å². The third-order valence-corrected chi connectivity index (χ3v) is 8.55. The third kappa shape index (κ3) is 5.49. The number of carboxylic acids is 2. The zero-order chi connectivity index (χ0) is 27.9. The summed E-state index contributed by atoms with van der Waals surface area (Å²) < 4.78 is 8.48. The maximum atomic E-state index is 12.1. The first-order valence-electron chi connectivity index (χ1n) is 12.7. The molecule has 0 fully saturated rings. The zero-order valence-electron chi connectivity index (χ0n) is 21.9. The van der Waals surface area contributed by atoms with Gasteiger partial charge in [-0.15, -0.1) is 11.8 Å². The van der Waals surface area contributed by atoms with Crippen molar-refractivity contribution in [3.8, 4) is 5.75 Å².